The van der Waals surface area contributed by atoms with Crippen LogP contribution in [0.1, 0.15) is 16.7 Å². The van der Waals surface area contributed by atoms with Crippen LogP contribution in [0, 0.1) is 20.8 Å². The van der Waals surface area contributed by atoms with Crippen molar-refractivity contribution in [1.29, 1.82) is 0 Å². The molecular formula is C18H18N2S. The first-order valence-corrected chi connectivity index (χ1v) is 7.86. The molecule has 2 aromatic carbocycles. The van der Waals surface area contributed by atoms with E-state index in [1.807, 2.05) is 0 Å². The van der Waals surface area contributed by atoms with E-state index in [4.69, 9.17) is 0 Å². The maximum atomic E-state index is 4.66. The van der Waals surface area contributed by atoms with Crippen LogP contribution in [0.15, 0.2) is 47.8 Å². The lowest BCUT2D eigenvalue weighted by molar-refractivity contribution is 1.32. The van der Waals surface area contributed by atoms with Crippen LogP contribution in [-0.4, -0.2) is 4.98 Å². The minimum atomic E-state index is 0.925. The summed E-state index contributed by atoms with van der Waals surface area (Å²) in [6, 6.07) is 14.8. The van der Waals surface area contributed by atoms with Gasteiger partial charge in [-0.15, -0.1) is 11.3 Å². The first-order valence-electron chi connectivity index (χ1n) is 6.99. The normalized spacial score (nSPS) is 10.6. The van der Waals surface area contributed by atoms with Gasteiger partial charge in [0.05, 0.1) is 5.69 Å². The zero-order valence-electron chi connectivity index (χ0n) is 12.5. The van der Waals surface area contributed by atoms with Crippen LogP contribution in [0.5, 0.6) is 0 Å². The highest BCUT2D eigenvalue weighted by Gasteiger charge is 2.05. The van der Waals surface area contributed by atoms with Crippen molar-refractivity contribution in [3.63, 3.8) is 0 Å². The van der Waals surface area contributed by atoms with Crippen LogP contribution in [0.3, 0.4) is 0 Å². The fourth-order valence-electron chi connectivity index (χ4n) is 2.13. The van der Waals surface area contributed by atoms with Gasteiger partial charge in [-0.05, 0) is 44.0 Å². The monoisotopic (exact) mass is 294 g/mol. The number of benzene rings is 2. The van der Waals surface area contributed by atoms with E-state index in [1.165, 1.54) is 16.7 Å². The fourth-order valence-corrected chi connectivity index (χ4v) is 2.87. The Morgan fingerprint density at radius 1 is 0.905 bits per heavy atom. The van der Waals surface area contributed by atoms with Crippen LogP contribution < -0.4 is 5.32 Å². The van der Waals surface area contributed by atoms with Gasteiger partial charge in [0.25, 0.3) is 0 Å². The highest BCUT2D eigenvalue weighted by atomic mass is 32.1. The lowest BCUT2D eigenvalue weighted by Crippen LogP contribution is -1.91. The number of aromatic nitrogens is 1. The second-order valence-corrected chi connectivity index (χ2v) is 6.19. The third kappa shape index (κ3) is 3.14. The third-order valence-electron chi connectivity index (χ3n) is 3.61. The SMILES string of the molecule is Cc1ccc(-c2csc(Nc3ccc(C)c(C)c3)n2)cc1. The number of anilines is 2. The van der Waals surface area contributed by atoms with Gasteiger partial charge in [-0.25, -0.2) is 4.98 Å². The van der Waals surface area contributed by atoms with Gasteiger partial charge >= 0.3 is 0 Å². The summed E-state index contributed by atoms with van der Waals surface area (Å²) in [5.74, 6) is 0. The molecule has 3 rings (SSSR count). The Balaban J connectivity index is 1.81. The Hall–Kier alpha value is -2.13. The van der Waals surface area contributed by atoms with Crippen LogP contribution >= 0.6 is 11.3 Å². The molecule has 0 aliphatic rings. The van der Waals surface area contributed by atoms with Gasteiger partial charge in [0, 0.05) is 16.6 Å². The Kier molecular flexibility index (Phi) is 3.76. The van der Waals surface area contributed by atoms with Gasteiger partial charge in [0.1, 0.15) is 0 Å². The molecule has 0 radical (unpaired) electrons. The zero-order valence-corrected chi connectivity index (χ0v) is 13.3. The largest absolute Gasteiger partial charge is 0.332 e. The molecule has 0 aliphatic heterocycles. The third-order valence-corrected chi connectivity index (χ3v) is 4.37. The Morgan fingerprint density at radius 2 is 1.67 bits per heavy atom. The van der Waals surface area contributed by atoms with Crippen LogP contribution in [-0.2, 0) is 0 Å². The quantitative estimate of drug-likeness (QED) is 0.692. The average Bonchev–Trinajstić information content (AvgIpc) is 2.92. The molecular weight excluding hydrogens is 276 g/mol. The topological polar surface area (TPSA) is 24.9 Å². The molecule has 1 heterocycles. The van der Waals surface area contributed by atoms with E-state index in [1.54, 1.807) is 11.3 Å². The van der Waals surface area contributed by atoms with Crippen molar-refractivity contribution in [3.8, 4) is 11.3 Å². The molecule has 21 heavy (non-hydrogen) atoms. The standard InChI is InChI=1S/C18H18N2S/c1-12-4-7-15(8-5-12)17-11-21-18(20-17)19-16-9-6-13(2)14(3)10-16/h4-11H,1-3H3,(H,19,20). The Bertz CT molecular complexity index is 757. The van der Waals surface area contributed by atoms with Gasteiger partial charge in [0.15, 0.2) is 5.13 Å². The minimum Gasteiger partial charge on any atom is -0.332 e. The molecule has 0 saturated heterocycles. The van der Waals surface area contributed by atoms with Crippen molar-refractivity contribution in [1.82, 2.24) is 4.98 Å². The number of nitrogens with one attached hydrogen (secondary N) is 1. The highest BCUT2D eigenvalue weighted by molar-refractivity contribution is 7.14. The molecule has 0 spiro atoms. The molecule has 3 heteroatoms. The number of rotatable bonds is 3. The first kappa shape index (κ1) is 13.8. The van der Waals surface area contributed by atoms with Crippen molar-refractivity contribution in [2.75, 3.05) is 5.32 Å². The summed E-state index contributed by atoms with van der Waals surface area (Å²) in [6.45, 7) is 6.34. The first-order chi connectivity index (χ1) is 10.1. The zero-order chi connectivity index (χ0) is 14.8. The van der Waals surface area contributed by atoms with E-state index in [9.17, 15) is 0 Å². The molecule has 0 unspecified atom stereocenters. The van der Waals surface area contributed by atoms with Crippen molar-refractivity contribution in [2.45, 2.75) is 20.8 Å². The summed E-state index contributed by atoms with van der Waals surface area (Å²) < 4.78 is 0. The number of thiazole rings is 1. The molecule has 1 aromatic heterocycles. The van der Waals surface area contributed by atoms with Crippen molar-refractivity contribution < 1.29 is 0 Å². The molecule has 0 bridgehead atoms. The van der Waals surface area contributed by atoms with Crippen molar-refractivity contribution in [2.24, 2.45) is 0 Å². The molecule has 0 aliphatic carbocycles. The summed E-state index contributed by atoms with van der Waals surface area (Å²) in [6.07, 6.45) is 0. The molecule has 0 atom stereocenters. The minimum absolute atomic E-state index is 0.925. The number of hydrogen-bond donors (Lipinski definition) is 1. The van der Waals surface area contributed by atoms with Gasteiger partial charge in [0.2, 0.25) is 0 Å². The fraction of sp³-hybridized carbons (Fsp3) is 0.167. The smallest absolute Gasteiger partial charge is 0.187 e. The Labute approximate surface area is 129 Å². The average molecular weight is 294 g/mol. The predicted octanol–water partition coefficient (Wildman–Crippen LogP) is 5.48. The van der Waals surface area contributed by atoms with Crippen LogP contribution in [0.4, 0.5) is 10.8 Å². The van der Waals surface area contributed by atoms with Crippen LogP contribution in [0.2, 0.25) is 0 Å². The van der Waals surface area contributed by atoms with Crippen molar-refractivity contribution >= 4 is 22.2 Å². The summed E-state index contributed by atoms with van der Waals surface area (Å²) in [7, 11) is 0. The van der Waals surface area contributed by atoms with E-state index >= 15 is 0 Å². The molecule has 1 N–H and O–H groups in total. The molecule has 0 fully saturated rings. The molecule has 0 amide bonds. The van der Waals surface area contributed by atoms with E-state index < -0.39 is 0 Å². The summed E-state index contributed by atoms with van der Waals surface area (Å²) >= 11 is 1.63. The molecule has 0 saturated carbocycles. The summed E-state index contributed by atoms with van der Waals surface area (Å²) in [5.41, 5.74) is 7.12. The molecule has 3 aromatic rings. The Morgan fingerprint density at radius 3 is 2.38 bits per heavy atom. The second kappa shape index (κ2) is 5.70. The van der Waals surface area contributed by atoms with E-state index in [-0.39, 0.29) is 0 Å². The lowest BCUT2D eigenvalue weighted by Gasteiger charge is -2.05. The number of aryl methyl sites for hydroxylation is 3. The van der Waals surface area contributed by atoms with Gasteiger partial charge in [-0.1, -0.05) is 35.9 Å². The summed E-state index contributed by atoms with van der Waals surface area (Å²) in [5, 5.41) is 6.40. The van der Waals surface area contributed by atoms with E-state index in [0.717, 1.165) is 22.1 Å². The van der Waals surface area contributed by atoms with Gasteiger partial charge in [-0.2, -0.15) is 0 Å². The van der Waals surface area contributed by atoms with Gasteiger partial charge in [-0.3, -0.25) is 0 Å². The van der Waals surface area contributed by atoms with Gasteiger partial charge < -0.3 is 5.32 Å². The maximum Gasteiger partial charge on any atom is 0.187 e. The molecule has 2 nitrogen and oxygen atoms in total. The lowest BCUT2D eigenvalue weighted by atomic mass is 10.1. The second-order valence-electron chi connectivity index (χ2n) is 5.33. The number of nitrogens with zero attached hydrogens (tertiary/aromatic N) is 1. The predicted molar refractivity (Wildman–Crippen MR) is 91.5 cm³/mol. The highest BCUT2D eigenvalue weighted by Crippen LogP contribution is 2.27. The van der Waals surface area contributed by atoms with E-state index in [0.29, 0.717) is 0 Å². The van der Waals surface area contributed by atoms with Crippen molar-refractivity contribution in [3.05, 3.63) is 64.5 Å². The van der Waals surface area contributed by atoms with Crippen LogP contribution in [0.25, 0.3) is 11.3 Å². The molecule has 106 valence electrons. The maximum absolute atomic E-state index is 4.66. The number of hydrogen-bond acceptors (Lipinski definition) is 3. The van der Waals surface area contributed by atoms with E-state index in [2.05, 4.69) is 78.9 Å². The summed E-state index contributed by atoms with van der Waals surface area (Å²) in [4.78, 5) is 4.66.